The van der Waals surface area contributed by atoms with E-state index in [0.29, 0.717) is 6.54 Å². The quantitative estimate of drug-likeness (QED) is 0.939. The van der Waals surface area contributed by atoms with E-state index in [9.17, 15) is 9.90 Å². The zero-order chi connectivity index (χ0) is 15.9. The molecule has 0 radical (unpaired) electrons. The van der Waals surface area contributed by atoms with Crippen LogP contribution in [0.5, 0.6) is 0 Å². The number of nitrogens with zero attached hydrogens (tertiary/aromatic N) is 3. The molecule has 0 atom stereocenters. The molecular formula is C16H23N3O2. The van der Waals surface area contributed by atoms with Gasteiger partial charge in [0, 0.05) is 0 Å². The Labute approximate surface area is 125 Å². The summed E-state index contributed by atoms with van der Waals surface area (Å²) in [5.74, 6) is -0.0903. The number of benzene rings is 1. The number of carboxylic acids is 1. The number of aryl methyl sites for hydroxylation is 2. The first-order valence-electron chi connectivity index (χ1n) is 7.01. The maximum absolute atomic E-state index is 11.7. The van der Waals surface area contributed by atoms with E-state index in [4.69, 9.17) is 0 Å². The average Bonchev–Trinajstić information content (AvgIpc) is 2.66. The molecule has 5 heteroatoms. The van der Waals surface area contributed by atoms with E-state index in [1.165, 1.54) is 0 Å². The van der Waals surface area contributed by atoms with Crippen LogP contribution in [-0.4, -0.2) is 39.6 Å². The molecular weight excluding hydrogens is 266 g/mol. The highest BCUT2D eigenvalue weighted by Crippen LogP contribution is 2.28. The number of aromatic nitrogens is 2. The molecule has 0 spiro atoms. The van der Waals surface area contributed by atoms with Gasteiger partial charge in [-0.2, -0.15) is 0 Å². The number of aliphatic carboxylic acids is 1. The van der Waals surface area contributed by atoms with Crippen LogP contribution in [0.3, 0.4) is 0 Å². The second kappa shape index (κ2) is 5.15. The Morgan fingerprint density at radius 1 is 1.29 bits per heavy atom. The zero-order valence-electron chi connectivity index (χ0n) is 13.6. The number of carboxylic acid groups (broad SMARTS) is 1. The van der Waals surface area contributed by atoms with Gasteiger partial charge in [0.1, 0.15) is 11.4 Å². The Morgan fingerprint density at radius 2 is 1.86 bits per heavy atom. The summed E-state index contributed by atoms with van der Waals surface area (Å²) in [6.45, 7) is 8.10. The second-order valence-electron chi connectivity index (χ2n) is 6.39. The van der Waals surface area contributed by atoms with E-state index in [0.717, 1.165) is 28.0 Å². The molecule has 0 unspecified atom stereocenters. The van der Waals surface area contributed by atoms with Crippen LogP contribution in [-0.2, 0) is 16.9 Å². The van der Waals surface area contributed by atoms with E-state index in [1.54, 1.807) is 13.8 Å². The predicted molar refractivity (Wildman–Crippen MR) is 83.6 cm³/mol. The third-order valence-corrected chi connectivity index (χ3v) is 3.88. The van der Waals surface area contributed by atoms with Crippen LogP contribution < -0.4 is 0 Å². The van der Waals surface area contributed by atoms with Gasteiger partial charge in [0.25, 0.3) is 0 Å². The SMILES string of the molecule is Cc1cc2nc(CN(C)C)n(C(C)(C)C(=O)O)c2cc1C. The van der Waals surface area contributed by atoms with E-state index < -0.39 is 11.5 Å². The Balaban J connectivity index is 2.80. The lowest BCUT2D eigenvalue weighted by molar-refractivity contribution is -0.145. The van der Waals surface area contributed by atoms with Gasteiger partial charge in [0.15, 0.2) is 0 Å². The number of hydrogen-bond donors (Lipinski definition) is 1. The molecule has 21 heavy (non-hydrogen) atoms. The van der Waals surface area contributed by atoms with Gasteiger partial charge >= 0.3 is 5.97 Å². The van der Waals surface area contributed by atoms with E-state index >= 15 is 0 Å². The Kier molecular flexibility index (Phi) is 3.80. The van der Waals surface area contributed by atoms with Crippen molar-refractivity contribution in [3.63, 3.8) is 0 Å². The number of carbonyl (C=O) groups is 1. The molecule has 5 nitrogen and oxygen atoms in total. The minimum absolute atomic E-state index is 0.601. The second-order valence-corrected chi connectivity index (χ2v) is 6.39. The average molecular weight is 289 g/mol. The lowest BCUT2D eigenvalue weighted by Crippen LogP contribution is -2.37. The Hall–Kier alpha value is -1.88. The fourth-order valence-corrected chi connectivity index (χ4v) is 2.49. The maximum atomic E-state index is 11.7. The summed E-state index contributed by atoms with van der Waals surface area (Å²) in [6.07, 6.45) is 0. The van der Waals surface area contributed by atoms with Crippen LogP contribution in [0.4, 0.5) is 0 Å². The minimum atomic E-state index is -1.04. The largest absolute Gasteiger partial charge is 0.480 e. The summed E-state index contributed by atoms with van der Waals surface area (Å²) < 4.78 is 1.84. The first kappa shape index (κ1) is 15.5. The maximum Gasteiger partial charge on any atom is 0.329 e. The van der Waals surface area contributed by atoms with Gasteiger partial charge in [0.05, 0.1) is 17.6 Å². The molecule has 2 aromatic rings. The van der Waals surface area contributed by atoms with Crippen molar-refractivity contribution in [2.75, 3.05) is 14.1 Å². The van der Waals surface area contributed by atoms with Gasteiger partial charge in [-0.1, -0.05) is 0 Å². The van der Waals surface area contributed by atoms with Crippen LogP contribution in [0.2, 0.25) is 0 Å². The van der Waals surface area contributed by atoms with Gasteiger partial charge in [-0.15, -0.1) is 0 Å². The van der Waals surface area contributed by atoms with Crippen LogP contribution >= 0.6 is 0 Å². The van der Waals surface area contributed by atoms with Crippen molar-refractivity contribution in [2.24, 2.45) is 0 Å². The van der Waals surface area contributed by atoms with Gasteiger partial charge in [0.2, 0.25) is 0 Å². The smallest absolute Gasteiger partial charge is 0.329 e. The first-order valence-corrected chi connectivity index (χ1v) is 7.01. The van der Waals surface area contributed by atoms with Gasteiger partial charge in [-0.3, -0.25) is 0 Å². The van der Waals surface area contributed by atoms with Crippen LogP contribution in [0.25, 0.3) is 11.0 Å². The molecule has 0 fully saturated rings. The lowest BCUT2D eigenvalue weighted by Gasteiger charge is -2.25. The normalized spacial score (nSPS) is 12.3. The van der Waals surface area contributed by atoms with Crippen molar-refractivity contribution in [1.82, 2.24) is 14.5 Å². The van der Waals surface area contributed by atoms with Crippen LogP contribution in [0.15, 0.2) is 12.1 Å². The highest BCUT2D eigenvalue weighted by molar-refractivity contribution is 5.83. The topological polar surface area (TPSA) is 58.4 Å². The fraction of sp³-hybridized carbons (Fsp3) is 0.500. The molecule has 1 aromatic heterocycles. The monoisotopic (exact) mass is 289 g/mol. The number of rotatable bonds is 4. The van der Waals surface area contributed by atoms with Crippen molar-refractivity contribution >= 4 is 17.0 Å². The van der Waals surface area contributed by atoms with Crippen LogP contribution in [0.1, 0.15) is 30.8 Å². The molecule has 1 N–H and O–H groups in total. The highest BCUT2D eigenvalue weighted by Gasteiger charge is 2.33. The van der Waals surface area contributed by atoms with Crippen molar-refractivity contribution < 1.29 is 9.90 Å². The van der Waals surface area contributed by atoms with Crippen LogP contribution in [0, 0.1) is 13.8 Å². The summed E-state index contributed by atoms with van der Waals surface area (Å²) in [5, 5.41) is 9.59. The van der Waals surface area contributed by atoms with E-state index in [1.807, 2.05) is 49.5 Å². The molecule has 2 rings (SSSR count). The Morgan fingerprint density at radius 3 is 2.38 bits per heavy atom. The van der Waals surface area contributed by atoms with Crippen molar-refractivity contribution in [1.29, 1.82) is 0 Å². The molecule has 1 heterocycles. The molecule has 0 saturated heterocycles. The molecule has 0 aliphatic heterocycles. The standard InChI is InChI=1S/C16H23N3O2/c1-10-7-12-13(8-11(10)2)19(16(3,4)15(20)21)14(17-12)9-18(5)6/h7-8H,9H2,1-6H3,(H,20,21). The third-order valence-electron chi connectivity index (χ3n) is 3.88. The van der Waals surface area contributed by atoms with E-state index in [2.05, 4.69) is 4.98 Å². The number of hydrogen-bond acceptors (Lipinski definition) is 3. The summed E-state index contributed by atoms with van der Waals surface area (Å²) in [4.78, 5) is 18.3. The van der Waals surface area contributed by atoms with Gasteiger partial charge < -0.3 is 14.6 Å². The summed E-state index contributed by atoms with van der Waals surface area (Å²) in [6, 6.07) is 4.06. The number of fused-ring (bicyclic) bond motifs is 1. The summed E-state index contributed by atoms with van der Waals surface area (Å²) >= 11 is 0. The van der Waals surface area contributed by atoms with Crippen molar-refractivity contribution in [3.8, 4) is 0 Å². The Bertz CT molecular complexity index is 699. The number of imidazole rings is 1. The molecule has 0 bridgehead atoms. The first-order chi connectivity index (χ1) is 9.64. The predicted octanol–water partition coefficient (Wildman–Crippen LogP) is 2.53. The van der Waals surface area contributed by atoms with Gasteiger partial charge in [-0.05, 0) is 65.0 Å². The zero-order valence-corrected chi connectivity index (χ0v) is 13.6. The highest BCUT2D eigenvalue weighted by atomic mass is 16.4. The summed E-state index contributed by atoms with van der Waals surface area (Å²) in [7, 11) is 3.90. The van der Waals surface area contributed by atoms with Gasteiger partial charge in [-0.25, -0.2) is 9.78 Å². The third kappa shape index (κ3) is 2.65. The van der Waals surface area contributed by atoms with E-state index in [-0.39, 0.29) is 0 Å². The van der Waals surface area contributed by atoms with Crippen molar-refractivity contribution in [3.05, 3.63) is 29.1 Å². The molecule has 114 valence electrons. The molecule has 1 aromatic carbocycles. The molecule has 0 aliphatic rings. The summed E-state index contributed by atoms with van der Waals surface area (Å²) in [5.41, 5.74) is 2.99. The van der Waals surface area contributed by atoms with Crippen molar-refractivity contribution in [2.45, 2.75) is 39.8 Å². The fourth-order valence-electron chi connectivity index (χ4n) is 2.49. The lowest BCUT2D eigenvalue weighted by atomic mass is 10.0. The minimum Gasteiger partial charge on any atom is -0.480 e. The molecule has 0 amide bonds. The molecule has 0 aliphatic carbocycles. The molecule has 0 saturated carbocycles.